The molecule has 0 bridgehead atoms. The zero-order valence-corrected chi connectivity index (χ0v) is 9.17. The van der Waals surface area contributed by atoms with Gasteiger partial charge in [-0.15, -0.1) is 0 Å². The smallest absolute Gasteiger partial charge is 0.238 e. The summed E-state index contributed by atoms with van der Waals surface area (Å²) in [7, 11) is 0. The number of hydrogen-bond donors (Lipinski definition) is 3. The first-order valence-electron chi connectivity index (χ1n) is 5.20. The maximum atomic E-state index is 13.1. The number of benzene rings is 1. The predicted octanol–water partition coefficient (Wildman–Crippen LogP) is 0.875. The van der Waals surface area contributed by atoms with Gasteiger partial charge >= 0.3 is 0 Å². The van der Waals surface area contributed by atoms with Crippen LogP contribution in [0.15, 0.2) is 18.2 Å². The number of aliphatic hydroxyl groups is 1. The number of nitrogens with one attached hydrogen (secondary N) is 2. The quantitative estimate of drug-likeness (QED) is 0.651. The van der Waals surface area contributed by atoms with E-state index in [1.807, 2.05) is 0 Å². The number of anilines is 1. The van der Waals surface area contributed by atoms with Gasteiger partial charge in [0, 0.05) is 6.61 Å². The minimum absolute atomic E-state index is 0.0244. The highest BCUT2D eigenvalue weighted by Gasteiger charge is 2.10. The maximum Gasteiger partial charge on any atom is 0.238 e. The topological polar surface area (TPSA) is 61.4 Å². The third kappa shape index (κ3) is 4.46. The number of hydrogen-bond acceptors (Lipinski definition) is 3. The fraction of sp³-hybridized carbons (Fsp3) is 0.364. The molecule has 0 unspecified atom stereocenters. The van der Waals surface area contributed by atoms with Crippen molar-refractivity contribution in [2.75, 3.05) is 25.0 Å². The van der Waals surface area contributed by atoms with E-state index in [9.17, 15) is 13.6 Å². The molecular formula is C11H14F2N2O2. The lowest BCUT2D eigenvalue weighted by Crippen LogP contribution is -2.29. The lowest BCUT2D eigenvalue weighted by Gasteiger charge is -2.08. The molecule has 0 spiro atoms. The number of para-hydroxylation sites is 1. The van der Waals surface area contributed by atoms with E-state index in [1.54, 1.807) is 0 Å². The Labute approximate surface area is 97.6 Å². The molecule has 0 atom stereocenters. The molecule has 3 N–H and O–H groups in total. The van der Waals surface area contributed by atoms with Gasteiger partial charge in [0.25, 0.3) is 0 Å². The molecule has 4 nitrogen and oxygen atoms in total. The number of carbonyl (C=O) groups excluding carboxylic acids is 1. The number of amides is 1. The zero-order chi connectivity index (χ0) is 12.7. The standard InChI is InChI=1S/C11H14F2N2O2/c12-8-3-1-4-9(13)11(8)15-10(17)7-14-5-2-6-16/h1,3-4,14,16H,2,5-7H2,(H,15,17). The monoisotopic (exact) mass is 244 g/mol. The number of aliphatic hydroxyl groups excluding tert-OH is 1. The van der Waals surface area contributed by atoms with E-state index in [0.717, 1.165) is 12.1 Å². The average Bonchev–Trinajstić information content (AvgIpc) is 2.30. The van der Waals surface area contributed by atoms with Crippen LogP contribution in [0.1, 0.15) is 6.42 Å². The minimum Gasteiger partial charge on any atom is -0.396 e. The van der Waals surface area contributed by atoms with Crippen LogP contribution in [0.4, 0.5) is 14.5 Å². The van der Waals surface area contributed by atoms with E-state index in [4.69, 9.17) is 5.11 Å². The van der Waals surface area contributed by atoms with Gasteiger partial charge in [-0.25, -0.2) is 8.78 Å². The van der Waals surface area contributed by atoms with E-state index in [2.05, 4.69) is 10.6 Å². The summed E-state index contributed by atoms with van der Waals surface area (Å²) in [6.07, 6.45) is 0.515. The minimum atomic E-state index is -0.811. The maximum absolute atomic E-state index is 13.1. The second kappa shape index (κ2) is 6.93. The van der Waals surface area contributed by atoms with Crippen molar-refractivity contribution in [1.82, 2.24) is 5.32 Å². The summed E-state index contributed by atoms with van der Waals surface area (Å²) >= 11 is 0. The van der Waals surface area contributed by atoms with Crippen LogP contribution in [0.5, 0.6) is 0 Å². The molecular weight excluding hydrogens is 230 g/mol. The van der Waals surface area contributed by atoms with E-state index < -0.39 is 23.2 Å². The SMILES string of the molecule is O=C(CNCCCO)Nc1c(F)cccc1F. The highest BCUT2D eigenvalue weighted by atomic mass is 19.1. The lowest BCUT2D eigenvalue weighted by molar-refractivity contribution is -0.115. The first-order valence-corrected chi connectivity index (χ1v) is 5.20. The van der Waals surface area contributed by atoms with Crippen molar-refractivity contribution in [3.63, 3.8) is 0 Å². The molecule has 0 aliphatic rings. The number of halogens is 2. The lowest BCUT2D eigenvalue weighted by atomic mass is 10.3. The number of rotatable bonds is 6. The van der Waals surface area contributed by atoms with Crippen molar-refractivity contribution >= 4 is 11.6 Å². The van der Waals surface area contributed by atoms with Gasteiger partial charge in [-0.2, -0.15) is 0 Å². The second-order valence-corrected chi connectivity index (χ2v) is 3.40. The first-order chi connectivity index (χ1) is 8.15. The van der Waals surface area contributed by atoms with Crippen molar-refractivity contribution < 1.29 is 18.7 Å². The third-order valence-corrected chi connectivity index (χ3v) is 2.02. The Bertz CT molecular complexity index is 365. The summed E-state index contributed by atoms with van der Waals surface area (Å²) in [5.74, 6) is -2.16. The molecule has 1 aromatic rings. The van der Waals surface area contributed by atoms with E-state index in [-0.39, 0.29) is 13.2 Å². The fourth-order valence-corrected chi connectivity index (χ4v) is 1.21. The van der Waals surface area contributed by atoms with Gasteiger partial charge < -0.3 is 15.7 Å². The molecule has 6 heteroatoms. The van der Waals surface area contributed by atoms with Gasteiger partial charge in [0.15, 0.2) is 0 Å². The molecule has 0 heterocycles. The molecule has 0 saturated heterocycles. The number of carbonyl (C=O) groups is 1. The summed E-state index contributed by atoms with van der Waals surface area (Å²) in [5, 5.41) is 13.4. The molecule has 1 aromatic carbocycles. The molecule has 1 rings (SSSR count). The highest BCUT2D eigenvalue weighted by Crippen LogP contribution is 2.17. The van der Waals surface area contributed by atoms with Crippen LogP contribution >= 0.6 is 0 Å². The molecule has 0 radical (unpaired) electrons. The second-order valence-electron chi connectivity index (χ2n) is 3.40. The summed E-state index contributed by atoms with van der Waals surface area (Å²) < 4.78 is 26.3. The molecule has 0 aromatic heterocycles. The van der Waals surface area contributed by atoms with Gasteiger partial charge in [-0.3, -0.25) is 4.79 Å². The Balaban J connectivity index is 2.45. The first kappa shape index (κ1) is 13.5. The Hall–Kier alpha value is -1.53. The summed E-state index contributed by atoms with van der Waals surface area (Å²) in [4.78, 5) is 11.3. The van der Waals surface area contributed by atoms with Gasteiger partial charge in [-0.05, 0) is 25.1 Å². The van der Waals surface area contributed by atoms with E-state index >= 15 is 0 Å². The van der Waals surface area contributed by atoms with Crippen LogP contribution in [0, 0.1) is 11.6 Å². The van der Waals surface area contributed by atoms with Crippen molar-refractivity contribution in [1.29, 1.82) is 0 Å². The Morgan fingerprint density at radius 2 is 1.94 bits per heavy atom. The van der Waals surface area contributed by atoms with E-state index in [1.165, 1.54) is 6.07 Å². The molecule has 94 valence electrons. The molecule has 0 aliphatic heterocycles. The van der Waals surface area contributed by atoms with Crippen molar-refractivity contribution in [3.8, 4) is 0 Å². The van der Waals surface area contributed by atoms with Gasteiger partial charge in [0.2, 0.25) is 5.91 Å². The summed E-state index contributed by atoms with van der Waals surface area (Å²) in [5.41, 5.74) is -0.443. The molecule has 0 fully saturated rings. The Morgan fingerprint density at radius 1 is 1.29 bits per heavy atom. The van der Waals surface area contributed by atoms with Crippen LogP contribution < -0.4 is 10.6 Å². The third-order valence-electron chi connectivity index (χ3n) is 2.02. The van der Waals surface area contributed by atoms with Gasteiger partial charge in [0.1, 0.15) is 17.3 Å². The zero-order valence-electron chi connectivity index (χ0n) is 9.17. The summed E-state index contributed by atoms with van der Waals surface area (Å²) in [6.45, 7) is 0.425. The van der Waals surface area contributed by atoms with Crippen molar-refractivity contribution in [2.45, 2.75) is 6.42 Å². The van der Waals surface area contributed by atoms with E-state index in [0.29, 0.717) is 13.0 Å². The Morgan fingerprint density at radius 3 is 2.53 bits per heavy atom. The van der Waals surface area contributed by atoms with Crippen LogP contribution in [0.3, 0.4) is 0 Å². The largest absolute Gasteiger partial charge is 0.396 e. The van der Waals surface area contributed by atoms with Gasteiger partial charge in [0.05, 0.1) is 6.54 Å². The van der Waals surface area contributed by atoms with Gasteiger partial charge in [-0.1, -0.05) is 6.07 Å². The highest BCUT2D eigenvalue weighted by molar-refractivity contribution is 5.92. The molecule has 1 amide bonds. The average molecular weight is 244 g/mol. The predicted molar refractivity (Wildman–Crippen MR) is 59.6 cm³/mol. The molecule has 0 aliphatic carbocycles. The molecule has 0 saturated carbocycles. The van der Waals surface area contributed by atoms with Crippen LogP contribution in [0.25, 0.3) is 0 Å². The fourth-order valence-electron chi connectivity index (χ4n) is 1.21. The summed E-state index contributed by atoms with van der Waals surface area (Å²) in [6, 6.07) is 3.36. The molecule has 17 heavy (non-hydrogen) atoms. The Kier molecular flexibility index (Phi) is 5.51. The van der Waals surface area contributed by atoms with Crippen molar-refractivity contribution in [3.05, 3.63) is 29.8 Å². The van der Waals surface area contributed by atoms with Crippen LogP contribution in [0.2, 0.25) is 0 Å². The normalized spacial score (nSPS) is 10.3. The van der Waals surface area contributed by atoms with Crippen molar-refractivity contribution in [2.24, 2.45) is 0 Å². The van der Waals surface area contributed by atoms with Crippen LogP contribution in [-0.2, 0) is 4.79 Å². The van der Waals surface area contributed by atoms with Crippen LogP contribution in [-0.4, -0.2) is 30.7 Å².